The van der Waals surface area contributed by atoms with Crippen LogP contribution in [0, 0.1) is 42.4 Å². The van der Waals surface area contributed by atoms with Crippen LogP contribution in [-0.4, -0.2) is 30.6 Å². The lowest BCUT2D eigenvalue weighted by Crippen LogP contribution is -2.54. The summed E-state index contributed by atoms with van der Waals surface area (Å²) in [5, 5.41) is 0. The lowest BCUT2D eigenvalue weighted by atomic mass is 9.47. The Morgan fingerprint density at radius 3 is 2.61 bits per heavy atom. The van der Waals surface area contributed by atoms with Crippen molar-refractivity contribution in [2.75, 3.05) is 6.54 Å². The van der Waals surface area contributed by atoms with Gasteiger partial charge in [0.05, 0.1) is 10.4 Å². The van der Waals surface area contributed by atoms with E-state index in [1.165, 1.54) is 5.57 Å². The number of sulfonamides is 1. The molecule has 0 amide bonds. The maximum Gasteiger partial charge on any atom is 0.243 e. The highest BCUT2D eigenvalue weighted by atomic mass is 32.2. The lowest BCUT2D eigenvalue weighted by Gasteiger charge is -2.58. The molecular formula is C26H35NO3S. The van der Waals surface area contributed by atoms with Crippen molar-refractivity contribution >= 4 is 15.8 Å². The summed E-state index contributed by atoms with van der Waals surface area (Å²) >= 11 is 0. The first-order chi connectivity index (χ1) is 14.6. The van der Waals surface area contributed by atoms with E-state index >= 15 is 0 Å². The Morgan fingerprint density at radius 1 is 1.23 bits per heavy atom. The van der Waals surface area contributed by atoms with Gasteiger partial charge in [-0.2, -0.15) is 4.31 Å². The molecule has 1 spiro atoms. The van der Waals surface area contributed by atoms with E-state index in [4.69, 9.17) is 0 Å². The van der Waals surface area contributed by atoms with Gasteiger partial charge in [0, 0.05) is 13.0 Å². The number of hydrogen-bond acceptors (Lipinski definition) is 3. The Hall–Kier alpha value is -1.46. The highest BCUT2D eigenvalue weighted by molar-refractivity contribution is 7.89. The molecule has 1 aliphatic heterocycles. The third-order valence-corrected chi connectivity index (χ3v) is 11.0. The average molecular weight is 442 g/mol. The van der Waals surface area contributed by atoms with Crippen LogP contribution in [0.3, 0.4) is 0 Å². The fourth-order valence-corrected chi connectivity index (χ4v) is 9.61. The van der Waals surface area contributed by atoms with Gasteiger partial charge in [-0.1, -0.05) is 36.8 Å². The second kappa shape index (κ2) is 7.28. The topological polar surface area (TPSA) is 54.2 Å². The van der Waals surface area contributed by atoms with Crippen molar-refractivity contribution in [2.24, 2.45) is 35.5 Å². The van der Waals surface area contributed by atoms with E-state index in [-0.39, 0.29) is 11.3 Å². The Balaban J connectivity index is 1.48. The molecule has 1 aromatic rings. The molecule has 1 saturated heterocycles. The molecule has 1 unspecified atom stereocenters. The fraction of sp³-hybridized carbons (Fsp3) is 0.654. The molecule has 168 valence electrons. The van der Waals surface area contributed by atoms with Gasteiger partial charge in [-0.25, -0.2) is 8.42 Å². The Kier molecular flexibility index (Phi) is 5.02. The summed E-state index contributed by atoms with van der Waals surface area (Å²) in [7, 11) is -3.47. The van der Waals surface area contributed by atoms with E-state index in [9.17, 15) is 13.2 Å². The number of Topliss-reactive ketones (excluding diaryl/α,β-unsaturated/α-hetero) is 1. The van der Waals surface area contributed by atoms with Crippen molar-refractivity contribution in [3.8, 4) is 0 Å². The summed E-state index contributed by atoms with van der Waals surface area (Å²) in [4.78, 5) is 12.5. The molecule has 0 radical (unpaired) electrons. The minimum atomic E-state index is -3.47. The third kappa shape index (κ3) is 3.26. The predicted octanol–water partition coefficient (Wildman–Crippen LogP) is 4.98. The quantitative estimate of drug-likeness (QED) is 0.489. The summed E-state index contributed by atoms with van der Waals surface area (Å²) in [6.07, 6.45) is 5.83. The van der Waals surface area contributed by atoms with Crippen LogP contribution >= 0.6 is 0 Å². The van der Waals surface area contributed by atoms with Crippen LogP contribution in [0.5, 0.6) is 0 Å². The monoisotopic (exact) mass is 441 g/mol. The van der Waals surface area contributed by atoms with Crippen molar-refractivity contribution in [3.63, 3.8) is 0 Å². The van der Waals surface area contributed by atoms with Crippen LogP contribution < -0.4 is 0 Å². The van der Waals surface area contributed by atoms with Crippen LogP contribution in [0.1, 0.15) is 57.9 Å². The minimum Gasteiger partial charge on any atom is -0.300 e. The molecule has 4 fully saturated rings. The van der Waals surface area contributed by atoms with E-state index in [0.29, 0.717) is 53.4 Å². The first-order valence-electron chi connectivity index (χ1n) is 11.9. The molecule has 31 heavy (non-hydrogen) atoms. The molecule has 4 aliphatic rings. The number of aryl methyl sites for hydroxylation is 1. The molecular weight excluding hydrogens is 406 g/mol. The summed E-state index contributed by atoms with van der Waals surface area (Å²) in [5.74, 6) is 3.11. The lowest BCUT2D eigenvalue weighted by molar-refractivity contribution is -0.120. The molecule has 8 atom stereocenters. The molecule has 0 aromatic heterocycles. The predicted molar refractivity (Wildman–Crippen MR) is 122 cm³/mol. The summed E-state index contributed by atoms with van der Waals surface area (Å²) in [5.41, 5.74) is 2.16. The zero-order valence-corrected chi connectivity index (χ0v) is 19.8. The van der Waals surface area contributed by atoms with Gasteiger partial charge in [0.15, 0.2) is 0 Å². The smallest absolute Gasteiger partial charge is 0.243 e. The highest BCUT2D eigenvalue weighted by Gasteiger charge is 2.69. The van der Waals surface area contributed by atoms with Gasteiger partial charge in [0.2, 0.25) is 10.0 Å². The van der Waals surface area contributed by atoms with Crippen LogP contribution in [-0.2, 0) is 14.8 Å². The molecule has 0 N–H and O–H groups in total. The largest absolute Gasteiger partial charge is 0.300 e. The van der Waals surface area contributed by atoms with E-state index in [0.717, 1.165) is 37.7 Å². The normalized spacial score (nSPS) is 41.6. The molecule has 3 saturated carbocycles. The first-order valence-corrected chi connectivity index (χ1v) is 13.4. The second-order valence-electron chi connectivity index (χ2n) is 10.9. The van der Waals surface area contributed by atoms with Crippen molar-refractivity contribution in [3.05, 3.63) is 42.0 Å². The van der Waals surface area contributed by atoms with Crippen LogP contribution in [0.2, 0.25) is 0 Å². The van der Waals surface area contributed by atoms with Gasteiger partial charge < -0.3 is 4.79 Å². The van der Waals surface area contributed by atoms with Crippen LogP contribution in [0.25, 0.3) is 0 Å². The summed E-state index contributed by atoms with van der Waals surface area (Å²) in [6, 6.07) is 7.27. The van der Waals surface area contributed by atoms with Crippen molar-refractivity contribution < 1.29 is 13.2 Å². The molecule has 4 nitrogen and oxygen atoms in total. The number of carbonyl (C=O) groups is 1. The van der Waals surface area contributed by atoms with Crippen molar-refractivity contribution in [1.82, 2.24) is 4.31 Å². The van der Waals surface area contributed by atoms with Crippen molar-refractivity contribution in [2.45, 2.75) is 69.7 Å². The van der Waals surface area contributed by atoms with E-state index in [1.807, 2.05) is 23.4 Å². The van der Waals surface area contributed by atoms with Crippen molar-refractivity contribution in [1.29, 1.82) is 0 Å². The van der Waals surface area contributed by atoms with Gasteiger partial charge in [0.1, 0.15) is 5.78 Å². The molecule has 1 heterocycles. The number of nitrogens with zero attached hydrogens (tertiary/aromatic N) is 1. The third-order valence-electron chi connectivity index (χ3n) is 9.10. The first kappa shape index (κ1) is 21.4. The number of hydrogen-bond donors (Lipinski definition) is 0. The Labute approximate surface area is 187 Å². The number of allylic oxidation sites excluding steroid dienone is 1. The fourth-order valence-electron chi connectivity index (χ4n) is 7.78. The van der Waals surface area contributed by atoms with Gasteiger partial charge in [-0.05, 0) is 93.6 Å². The van der Waals surface area contributed by atoms with Gasteiger partial charge >= 0.3 is 0 Å². The van der Waals surface area contributed by atoms with Crippen LogP contribution in [0.4, 0.5) is 0 Å². The van der Waals surface area contributed by atoms with Gasteiger partial charge in [0.25, 0.3) is 0 Å². The SMILES string of the molecule is C=C1CC[C@H]2[C@H]3[C@H](CC[C@@]24CN4S(=O)(=O)c2ccc(C)cc2)[C@@H](C)C[C@@H](CC(C)=O)[C@H]13. The summed E-state index contributed by atoms with van der Waals surface area (Å²) < 4.78 is 28.8. The van der Waals surface area contributed by atoms with E-state index in [2.05, 4.69) is 13.5 Å². The number of fused-ring (bicyclic) bond motifs is 1. The maximum atomic E-state index is 13.5. The average Bonchev–Trinajstić information content (AvgIpc) is 3.43. The number of carbonyl (C=O) groups excluding carboxylic acids is 1. The Bertz CT molecular complexity index is 1010. The number of ketones is 1. The molecule has 3 aliphatic carbocycles. The van der Waals surface area contributed by atoms with E-state index in [1.54, 1.807) is 19.1 Å². The Morgan fingerprint density at radius 2 is 1.94 bits per heavy atom. The molecule has 5 rings (SSSR count). The molecule has 1 aromatic carbocycles. The zero-order chi connectivity index (χ0) is 22.1. The highest BCUT2D eigenvalue weighted by Crippen LogP contribution is 2.65. The number of benzene rings is 1. The maximum absolute atomic E-state index is 13.5. The van der Waals surface area contributed by atoms with Crippen LogP contribution in [0.15, 0.2) is 41.3 Å². The molecule has 0 bridgehead atoms. The van der Waals surface area contributed by atoms with Gasteiger partial charge in [-0.15, -0.1) is 0 Å². The number of rotatable bonds is 4. The second-order valence-corrected chi connectivity index (χ2v) is 12.8. The van der Waals surface area contributed by atoms with Gasteiger partial charge in [-0.3, -0.25) is 0 Å². The minimum absolute atomic E-state index is 0.221. The summed E-state index contributed by atoms with van der Waals surface area (Å²) in [6.45, 7) is 11.2. The van der Waals surface area contributed by atoms with E-state index < -0.39 is 10.0 Å². The molecule has 5 heteroatoms. The zero-order valence-electron chi connectivity index (χ0n) is 19.0. The standard InChI is InChI=1S/C26H35NO3S/c1-16-5-8-21(9-6-16)31(29,30)27-15-26(27)12-11-22-18(3)13-20(14-19(4)28)24-17(2)7-10-23(26)25(22)24/h5-6,8-9,18,20,22-25H,2,7,10-15H2,1,3-4H3/t18-,20-,22+,23-,24-,25+,26+,27?/m0/s1.